The fourth-order valence-electron chi connectivity index (χ4n) is 2.33. The highest BCUT2D eigenvalue weighted by Crippen LogP contribution is 2.23. The second-order valence-electron chi connectivity index (χ2n) is 8.70. The minimum atomic E-state index is -2.08. The zero-order valence-electron chi connectivity index (χ0n) is 17.3. The lowest BCUT2D eigenvalue weighted by Crippen LogP contribution is -2.53. The molecule has 0 aliphatic rings. The van der Waals surface area contributed by atoms with Gasteiger partial charge in [0, 0.05) is 19.3 Å². The predicted octanol–water partition coefficient (Wildman–Crippen LogP) is 2.65. The maximum Gasteiger partial charge on any atom is 0.321 e. The van der Waals surface area contributed by atoms with Crippen LogP contribution in [0.3, 0.4) is 0 Å². The van der Waals surface area contributed by atoms with Gasteiger partial charge in [0.15, 0.2) is 8.32 Å². The zero-order chi connectivity index (χ0) is 18.9. The molecular formula is C15H42N2O3Si4. The van der Waals surface area contributed by atoms with Crippen LogP contribution in [-0.4, -0.2) is 66.1 Å². The third-order valence-corrected chi connectivity index (χ3v) is 12.9. The van der Waals surface area contributed by atoms with Crippen molar-refractivity contribution in [3.63, 3.8) is 0 Å². The molecule has 1 atom stereocenters. The van der Waals surface area contributed by atoms with Gasteiger partial charge in [0.05, 0.1) is 15.0 Å². The summed E-state index contributed by atoms with van der Waals surface area (Å²) in [5.41, 5.74) is 5.53. The third kappa shape index (κ3) is 13.9. The molecule has 5 nitrogen and oxygen atoms in total. The van der Waals surface area contributed by atoms with Crippen molar-refractivity contribution >= 4 is 34.0 Å². The average Bonchev–Trinajstić information content (AvgIpc) is 2.42. The maximum atomic E-state index is 6.70. The van der Waals surface area contributed by atoms with Gasteiger partial charge in [-0.2, -0.15) is 0 Å². The highest BCUT2D eigenvalue weighted by molar-refractivity contribution is 6.83. The molecule has 0 rings (SSSR count). The van der Waals surface area contributed by atoms with Gasteiger partial charge in [-0.15, -0.1) is 0 Å². The van der Waals surface area contributed by atoms with Crippen LogP contribution >= 0.6 is 0 Å². The van der Waals surface area contributed by atoms with Gasteiger partial charge in [-0.1, -0.05) is 13.1 Å². The summed E-state index contributed by atoms with van der Waals surface area (Å²) in [6.45, 7) is 20.6. The lowest BCUT2D eigenvalue weighted by molar-refractivity contribution is 0.271. The van der Waals surface area contributed by atoms with Crippen molar-refractivity contribution in [2.75, 3.05) is 32.1 Å². The van der Waals surface area contributed by atoms with Crippen LogP contribution in [0.1, 0.15) is 6.42 Å². The van der Waals surface area contributed by atoms with Crippen molar-refractivity contribution in [3.05, 3.63) is 0 Å². The fourth-order valence-corrected chi connectivity index (χ4v) is 14.9. The van der Waals surface area contributed by atoms with Crippen molar-refractivity contribution in [1.82, 2.24) is 5.32 Å². The molecular weight excluding hydrogens is 369 g/mol. The molecule has 0 aromatic carbocycles. The molecule has 0 aliphatic carbocycles. The lowest BCUT2D eigenvalue weighted by atomic mass is 10.5. The van der Waals surface area contributed by atoms with E-state index in [1.54, 1.807) is 0 Å². The molecule has 0 aromatic heterocycles. The Morgan fingerprint density at radius 3 is 2.08 bits per heavy atom. The minimum Gasteiger partial charge on any atom is -0.434 e. The van der Waals surface area contributed by atoms with Crippen LogP contribution in [0.15, 0.2) is 0 Å². The van der Waals surface area contributed by atoms with Gasteiger partial charge in [0.1, 0.15) is 0 Å². The van der Waals surface area contributed by atoms with Gasteiger partial charge < -0.3 is 24.0 Å². The Labute approximate surface area is 155 Å². The largest absolute Gasteiger partial charge is 0.434 e. The molecule has 24 heavy (non-hydrogen) atoms. The van der Waals surface area contributed by atoms with Gasteiger partial charge in [0.2, 0.25) is 8.32 Å². The van der Waals surface area contributed by atoms with Crippen LogP contribution in [0.2, 0.25) is 58.4 Å². The second-order valence-corrected chi connectivity index (χ2v) is 23.9. The molecule has 146 valence electrons. The van der Waals surface area contributed by atoms with E-state index in [0.717, 1.165) is 38.0 Å². The van der Waals surface area contributed by atoms with Gasteiger partial charge in [-0.3, -0.25) is 0 Å². The van der Waals surface area contributed by atoms with E-state index in [-0.39, 0.29) is 0 Å². The molecule has 0 fully saturated rings. The van der Waals surface area contributed by atoms with E-state index in [2.05, 4.69) is 57.7 Å². The van der Waals surface area contributed by atoms with Crippen molar-refractivity contribution in [3.8, 4) is 0 Å². The molecule has 0 saturated heterocycles. The van der Waals surface area contributed by atoms with Crippen LogP contribution in [0.25, 0.3) is 0 Å². The quantitative estimate of drug-likeness (QED) is 0.340. The standard InChI is InChI=1S/C15H42N2O3Si4/c1-21(2)14-18-23(6,7)20-24(8,15-19-22(3,4)5)13-9-11-17-12-10-16/h17,21H,9-16H2,1-8H3. The molecule has 0 heterocycles. The number of nitrogens with two attached hydrogens (primary N) is 1. The van der Waals surface area contributed by atoms with E-state index >= 15 is 0 Å². The highest BCUT2D eigenvalue weighted by atomic mass is 28.4. The Kier molecular flexibility index (Phi) is 11.7. The van der Waals surface area contributed by atoms with Crippen molar-refractivity contribution in [1.29, 1.82) is 0 Å². The Morgan fingerprint density at radius 2 is 1.58 bits per heavy atom. The van der Waals surface area contributed by atoms with E-state index in [0.29, 0.717) is 6.54 Å². The normalized spacial score (nSPS) is 15.8. The van der Waals surface area contributed by atoms with Gasteiger partial charge >= 0.3 is 8.56 Å². The first-order chi connectivity index (χ1) is 10.9. The number of rotatable bonds is 14. The molecule has 0 radical (unpaired) electrons. The molecule has 0 aliphatic heterocycles. The smallest absolute Gasteiger partial charge is 0.321 e. The van der Waals surface area contributed by atoms with E-state index < -0.39 is 34.0 Å². The molecule has 9 heteroatoms. The summed E-state index contributed by atoms with van der Waals surface area (Å²) in [7, 11) is -6.27. The van der Waals surface area contributed by atoms with Gasteiger partial charge in [-0.05, 0) is 58.3 Å². The van der Waals surface area contributed by atoms with Crippen LogP contribution in [0.4, 0.5) is 0 Å². The highest BCUT2D eigenvalue weighted by Gasteiger charge is 2.39. The Bertz CT molecular complexity index is 341. The Hall–Kier alpha value is 0.668. The first-order valence-corrected chi connectivity index (χ1v) is 21.5. The molecule has 0 amide bonds. The average molecular weight is 411 g/mol. The number of nitrogens with one attached hydrogen (secondary N) is 1. The summed E-state index contributed by atoms with van der Waals surface area (Å²) in [4.78, 5) is 0. The summed E-state index contributed by atoms with van der Waals surface area (Å²) >= 11 is 0. The van der Waals surface area contributed by atoms with Gasteiger partial charge in [-0.25, -0.2) is 0 Å². The minimum absolute atomic E-state index is 0.691. The van der Waals surface area contributed by atoms with Crippen LogP contribution < -0.4 is 11.1 Å². The first-order valence-electron chi connectivity index (χ1n) is 9.28. The monoisotopic (exact) mass is 410 g/mol. The SMILES string of the molecule is C[SiH](C)CO[Si](C)(C)O[Si](C)(CCCNCCN)CO[Si](C)(C)C. The van der Waals surface area contributed by atoms with Gasteiger partial charge in [0.25, 0.3) is 0 Å². The molecule has 3 N–H and O–H groups in total. The van der Waals surface area contributed by atoms with Crippen LogP contribution in [-0.2, 0) is 13.0 Å². The molecule has 0 saturated carbocycles. The summed E-state index contributed by atoms with van der Waals surface area (Å²) in [5, 5.41) is 3.38. The molecule has 0 spiro atoms. The summed E-state index contributed by atoms with van der Waals surface area (Å²) < 4.78 is 19.2. The zero-order valence-corrected chi connectivity index (χ0v) is 21.5. The summed E-state index contributed by atoms with van der Waals surface area (Å²) in [5.74, 6) is 0. The van der Waals surface area contributed by atoms with Crippen LogP contribution in [0, 0.1) is 0 Å². The Balaban J connectivity index is 4.70. The molecule has 0 aromatic rings. The van der Waals surface area contributed by atoms with E-state index in [9.17, 15) is 0 Å². The van der Waals surface area contributed by atoms with Crippen molar-refractivity contribution in [2.45, 2.75) is 64.8 Å². The van der Waals surface area contributed by atoms with Crippen LogP contribution in [0.5, 0.6) is 0 Å². The predicted molar refractivity (Wildman–Crippen MR) is 116 cm³/mol. The van der Waals surface area contributed by atoms with Crippen molar-refractivity contribution in [2.24, 2.45) is 5.73 Å². The maximum absolute atomic E-state index is 6.70. The van der Waals surface area contributed by atoms with Crippen molar-refractivity contribution < 1.29 is 13.0 Å². The second kappa shape index (κ2) is 11.4. The Morgan fingerprint density at radius 1 is 0.958 bits per heavy atom. The molecule has 0 bridgehead atoms. The fraction of sp³-hybridized carbons (Fsp3) is 1.00. The van der Waals surface area contributed by atoms with E-state index in [1.807, 2.05) is 0 Å². The number of hydrogen-bond acceptors (Lipinski definition) is 5. The van der Waals surface area contributed by atoms with E-state index in [1.165, 1.54) is 0 Å². The topological polar surface area (TPSA) is 65.7 Å². The summed E-state index contributed by atoms with van der Waals surface area (Å²) in [6, 6.07) is 1.11. The van der Waals surface area contributed by atoms with E-state index in [4.69, 9.17) is 18.7 Å². The molecule has 1 unspecified atom stereocenters. The lowest BCUT2D eigenvalue weighted by Gasteiger charge is -2.37. The number of hydrogen-bond donors (Lipinski definition) is 2. The third-order valence-electron chi connectivity index (χ3n) is 3.45. The first kappa shape index (κ1) is 24.7. The summed E-state index contributed by atoms with van der Waals surface area (Å²) in [6.07, 6.45) is 2.82.